The average Bonchev–Trinajstić information content (AvgIpc) is 2.83. The second kappa shape index (κ2) is 5.64. The molecule has 96 valence electrons. The number of hydrogen-bond acceptors (Lipinski definition) is 3. The van der Waals surface area contributed by atoms with Gasteiger partial charge in [-0.2, -0.15) is 5.10 Å². The van der Waals surface area contributed by atoms with Crippen LogP contribution in [0.1, 0.15) is 5.56 Å². The van der Waals surface area contributed by atoms with E-state index in [2.05, 4.69) is 10.4 Å². The fraction of sp³-hybridized carbons (Fsp3) is 0.308. The summed E-state index contributed by atoms with van der Waals surface area (Å²) in [6.07, 6.45) is 2.87. The Morgan fingerprint density at radius 2 is 2.33 bits per heavy atom. The topological polar surface area (TPSA) is 50.1 Å². The van der Waals surface area contributed by atoms with Crippen LogP contribution in [-0.4, -0.2) is 27.5 Å². The van der Waals surface area contributed by atoms with Crippen LogP contribution in [-0.2, 0) is 6.54 Å². The molecular formula is C13H16FN3O. The van der Waals surface area contributed by atoms with Crippen molar-refractivity contribution in [3.8, 4) is 0 Å². The van der Waals surface area contributed by atoms with Crippen molar-refractivity contribution in [3.63, 3.8) is 0 Å². The molecule has 1 unspecified atom stereocenters. The highest BCUT2D eigenvalue weighted by atomic mass is 19.1. The molecule has 1 heterocycles. The van der Waals surface area contributed by atoms with Crippen molar-refractivity contribution in [2.45, 2.75) is 19.6 Å². The normalized spacial score (nSPS) is 12.4. The fourth-order valence-electron chi connectivity index (χ4n) is 1.63. The number of nitrogens with one attached hydrogen (secondary N) is 1. The smallest absolute Gasteiger partial charge is 0.128 e. The predicted molar refractivity (Wildman–Crippen MR) is 67.9 cm³/mol. The number of aryl methyl sites for hydroxylation is 1. The Morgan fingerprint density at radius 3 is 3.00 bits per heavy atom. The van der Waals surface area contributed by atoms with E-state index in [1.807, 2.05) is 0 Å². The van der Waals surface area contributed by atoms with E-state index < -0.39 is 6.10 Å². The van der Waals surface area contributed by atoms with E-state index >= 15 is 0 Å². The monoisotopic (exact) mass is 249 g/mol. The van der Waals surface area contributed by atoms with E-state index in [0.29, 0.717) is 24.3 Å². The van der Waals surface area contributed by atoms with Gasteiger partial charge < -0.3 is 10.4 Å². The van der Waals surface area contributed by atoms with E-state index in [4.69, 9.17) is 0 Å². The van der Waals surface area contributed by atoms with Crippen LogP contribution in [0.5, 0.6) is 0 Å². The number of halogens is 1. The summed E-state index contributed by atoms with van der Waals surface area (Å²) in [7, 11) is 0. The number of aliphatic hydroxyl groups excluding tert-OH is 1. The van der Waals surface area contributed by atoms with Gasteiger partial charge in [0.1, 0.15) is 5.82 Å². The quantitative estimate of drug-likeness (QED) is 0.849. The van der Waals surface area contributed by atoms with Crippen LogP contribution >= 0.6 is 0 Å². The Kier molecular flexibility index (Phi) is 3.94. The maximum Gasteiger partial charge on any atom is 0.128 e. The predicted octanol–water partition coefficient (Wildman–Crippen LogP) is 1.80. The molecule has 0 saturated heterocycles. The lowest BCUT2D eigenvalue weighted by Gasteiger charge is -2.13. The van der Waals surface area contributed by atoms with Gasteiger partial charge in [-0.25, -0.2) is 4.39 Å². The van der Waals surface area contributed by atoms with Gasteiger partial charge in [-0.15, -0.1) is 0 Å². The Labute approximate surface area is 105 Å². The SMILES string of the molecule is Cc1ccc(NCC(O)Cn2cccn2)cc1F. The van der Waals surface area contributed by atoms with Crippen LogP contribution in [0.4, 0.5) is 10.1 Å². The molecule has 1 aromatic carbocycles. The van der Waals surface area contributed by atoms with E-state index in [0.717, 1.165) is 0 Å². The summed E-state index contributed by atoms with van der Waals surface area (Å²) < 4.78 is 14.9. The lowest BCUT2D eigenvalue weighted by molar-refractivity contribution is 0.161. The molecule has 0 aliphatic rings. The number of benzene rings is 1. The van der Waals surface area contributed by atoms with E-state index in [-0.39, 0.29) is 5.82 Å². The van der Waals surface area contributed by atoms with Crippen molar-refractivity contribution in [2.75, 3.05) is 11.9 Å². The maximum absolute atomic E-state index is 13.3. The molecule has 0 spiro atoms. The standard InChI is InChI=1S/C13H16FN3O/c1-10-3-4-11(7-13(10)14)15-8-12(18)9-17-6-2-5-16-17/h2-7,12,15,18H,8-9H2,1H3. The first-order valence-corrected chi connectivity index (χ1v) is 5.80. The molecule has 1 atom stereocenters. The Hall–Kier alpha value is -1.88. The summed E-state index contributed by atoms with van der Waals surface area (Å²) in [6.45, 7) is 2.47. The van der Waals surface area contributed by atoms with Crippen LogP contribution < -0.4 is 5.32 Å². The molecule has 5 heteroatoms. The van der Waals surface area contributed by atoms with Crippen molar-refractivity contribution in [2.24, 2.45) is 0 Å². The third kappa shape index (κ3) is 3.30. The van der Waals surface area contributed by atoms with Gasteiger partial charge in [-0.05, 0) is 30.7 Å². The van der Waals surface area contributed by atoms with Crippen LogP contribution in [0.25, 0.3) is 0 Å². The van der Waals surface area contributed by atoms with Crippen LogP contribution in [0.15, 0.2) is 36.7 Å². The number of hydrogen-bond donors (Lipinski definition) is 2. The third-order valence-corrected chi connectivity index (χ3v) is 2.67. The lowest BCUT2D eigenvalue weighted by Crippen LogP contribution is -2.25. The van der Waals surface area contributed by atoms with Gasteiger partial charge in [0.2, 0.25) is 0 Å². The molecule has 0 aliphatic heterocycles. The third-order valence-electron chi connectivity index (χ3n) is 2.67. The van der Waals surface area contributed by atoms with Gasteiger partial charge in [-0.3, -0.25) is 4.68 Å². The zero-order valence-electron chi connectivity index (χ0n) is 10.2. The van der Waals surface area contributed by atoms with Crippen LogP contribution in [0.3, 0.4) is 0 Å². The molecule has 4 nitrogen and oxygen atoms in total. The van der Waals surface area contributed by atoms with Crippen LogP contribution in [0, 0.1) is 12.7 Å². The van der Waals surface area contributed by atoms with Crippen molar-refractivity contribution in [1.29, 1.82) is 0 Å². The lowest BCUT2D eigenvalue weighted by atomic mass is 10.2. The summed E-state index contributed by atoms with van der Waals surface area (Å²) >= 11 is 0. The van der Waals surface area contributed by atoms with E-state index in [1.54, 1.807) is 42.2 Å². The largest absolute Gasteiger partial charge is 0.389 e. The molecule has 2 rings (SSSR count). The van der Waals surface area contributed by atoms with Crippen molar-refractivity contribution < 1.29 is 9.50 Å². The molecule has 0 amide bonds. The Morgan fingerprint density at radius 1 is 1.50 bits per heavy atom. The van der Waals surface area contributed by atoms with Crippen molar-refractivity contribution in [1.82, 2.24) is 9.78 Å². The minimum absolute atomic E-state index is 0.249. The van der Waals surface area contributed by atoms with Crippen LogP contribution in [0.2, 0.25) is 0 Å². The molecule has 0 bridgehead atoms. The molecule has 0 radical (unpaired) electrons. The molecular weight excluding hydrogens is 233 g/mol. The molecule has 0 fully saturated rings. The summed E-state index contributed by atoms with van der Waals surface area (Å²) in [6, 6.07) is 6.72. The minimum atomic E-state index is -0.575. The number of anilines is 1. The van der Waals surface area contributed by atoms with Gasteiger partial charge in [0.05, 0.1) is 12.6 Å². The molecule has 2 N–H and O–H groups in total. The first kappa shape index (κ1) is 12.6. The van der Waals surface area contributed by atoms with Gasteiger partial charge in [0.15, 0.2) is 0 Å². The summed E-state index contributed by atoms with van der Waals surface area (Å²) in [5.41, 5.74) is 1.27. The van der Waals surface area contributed by atoms with Gasteiger partial charge in [0.25, 0.3) is 0 Å². The highest BCUT2D eigenvalue weighted by Crippen LogP contribution is 2.13. The average molecular weight is 249 g/mol. The summed E-state index contributed by atoms with van der Waals surface area (Å²) in [5, 5.41) is 16.8. The Bertz CT molecular complexity index is 499. The fourth-order valence-corrected chi connectivity index (χ4v) is 1.63. The second-order valence-electron chi connectivity index (χ2n) is 4.23. The highest BCUT2D eigenvalue weighted by Gasteiger charge is 2.06. The zero-order valence-corrected chi connectivity index (χ0v) is 10.2. The van der Waals surface area contributed by atoms with Gasteiger partial charge in [0, 0.05) is 24.6 Å². The highest BCUT2D eigenvalue weighted by molar-refractivity contribution is 5.45. The number of rotatable bonds is 5. The summed E-state index contributed by atoms with van der Waals surface area (Å²) in [5.74, 6) is -0.249. The van der Waals surface area contributed by atoms with Crippen molar-refractivity contribution >= 4 is 5.69 Å². The molecule has 18 heavy (non-hydrogen) atoms. The maximum atomic E-state index is 13.3. The van der Waals surface area contributed by atoms with E-state index in [9.17, 15) is 9.50 Å². The minimum Gasteiger partial charge on any atom is -0.389 e. The van der Waals surface area contributed by atoms with E-state index in [1.165, 1.54) is 6.07 Å². The molecule has 0 saturated carbocycles. The number of nitrogens with zero attached hydrogens (tertiary/aromatic N) is 2. The Balaban J connectivity index is 1.85. The molecule has 2 aromatic rings. The van der Waals surface area contributed by atoms with Gasteiger partial charge in [-0.1, -0.05) is 6.07 Å². The first-order chi connectivity index (χ1) is 8.65. The number of aliphatic hydroxyl groups is 1. The van der Waals surface area contributed by atoms with Gasteiger partial charge >= 0.3 is 0 Å². The zero-order chi connectivity index (χ0) is 13.0. The first-order valence-electron chi connectivity index (χ1n) is 5.80. The molecule has 0 aliphatic carbocycles. The second-order valence-corrected chi connectivity index (χ2v) is 4.23. The summed E-state index contributed by atoms with van der Waals surface area (Å²) in [4.78, 5) is 0. The molecule has 1 aromatic heterocycles. The number of aromatic nitrogens is 2. The van der Waals surface area contributed by atoms with Crippen molar-refractivity contribution in [3.05, 3.63) is 48.0 Å².